The third kappa shape index (κ3) is 5.37. The predicted octanol–water partition coefficient (Wildman–Crippen LogP) is 9.83. The molecule has 8 nitrogen and oxygen atoms in total. The molecule has 286 valence electrons. The standard InChI is InChI=1S/C50H43BN8/c1-49(2,3)34-28-42(56-30-52-36-22-13-15-24-38(36)56)54-47-45(34)58(32-18-9-7-10-19-32)40-26-17-27-41-44(40)51(47)48-46(59(41)33-20-11-8-12-21-33)35(50(4,5)6)29-43(55-48)57-31-53-37-23-14-16-25-39(37)57/h7-31H,1-6H3. The van der Waals surface area contributed by atoms with Gasteiger partial charge in [0.2, 0.25) is 0 Å². The van der Waals surface area contributed by atoms with Gasteiger partial charge in [-0.2, -0.15) is 0 Å². The van der Waals surface area contributed by atoms with E-state index in [4.69, 9.17) is 19.9 Å². The summed E-state index contributed by atoms with van der Waals surface area (Å²) in [5.74, 6) is 1.66. The summed E-state index contributed by atoms with van der Waals surface area (Å²) in [6.45, 7) is 13.5. The van der Waals surface area contributed by atoms with E-state index < -0.39 is 0 Å². The van der Waals surface area contributed by atoms with E-state index in [-0.39, 0.29) is 17.5 Å². The van der Waals surface area contributed by atoms with Crippen molar-refractivity contribution in [1.29, 1.82) is 0 Å². The van der Waals surface area contributed by atoms with E-state index in [1.54, 1.807) is 0 Å². The Kier molecular flexibility index (Phi) is 7.61. The van der Waals surface area contributed by atoms with Crippen LogP contribution in [-0.2, 0) is 10.8 Å². The number of benzene rings is 5. The van der Waals surface area contributed by atoms with Crippen LogP contribution in [0.1, 0.15) is 52.7 Å². The van der Waals surface area contributed by atoms with Gasteiger partial charge in [-0.1, -0.05) is 108 Å². The van der Waals surface area contributed by atoms with Gasteiger partial charge in [-0.15, -0.1) is 0 Å². The molecule has 0 radical (unpaired) electrons. The van der Waals surface area contributed by atoms with E-state index in [1.165, 1.54) is 16.6 Å². The molecule has 0 spiro atoms. The smallest absolute Gasteiger partial charge is 0.298 e. The third-order valence-corrected chi connectivity index (χ3v) is 11.9. The van der Waals surface area contributed by atoms with Crippen LogP contribution >= 0.6 is 0 Å². The minimum absolute atomic E-state index is 0.268. The second-order valence-corrected chi connectivity index (χ2v) is 17.7. The van der Waals surface area contributed by atoms with Crippen LogP contribution in [0.4, 0.5) is 34.1 Å². The number of hydrogen-bond acceptors (Lipinski definition) is 6. The molecule has 59 heavy (non-hydrogen) atoms. The van der Waals surface area contributed by atoms with Gasteiger partial charge in [-0.05, 0) is 100 Å². The van der Waals surface area contributed by atoms with Crippen LogP contribution < -0.4 is 26.4 Å². The van der Waals surface area contributed by atoms with Crippen molar-refractivity contribution in [3.05, 3.63) is 163 Å². The molecule has 0 N–H and O–H groups in total. The molecule has 11 rings (SSSR count). The zero-order chi connectivity index (χ0) is 40.2. The first-order valence-corrected chi connectivity index (χ1v) is 20.4. The van der Waals surface area contributed by atoms with Crippen molar-refractivity contribution < 1.29 is 0 Å². The summed E-state index contributed by atoms with van der Waals surface area (Å²) in [6, 6.07) is 49.4. The fraction of sp³-hybridized carbons (Fsp3) is 0.160. The minimum Gasteiger partial charge on any atom is -0.310 e. The van der Waals surface area contributed by atoms with Gasteiger partial charge in [-0.3, -0.25) is 9.13 Å². The van der Waals surface area contributed by atoms with E-state index in [0.29, 0.717) is 0 Å². The Morgan fingerprint density at radius 2 is 0.864 bits per heavy atom. The Labute approximate surface area is 344 Å². The van der Waals surface area contributed by atoms with E-state index >= 15 is 0 Å². The Bertz CT molecular complexity index is 2890. The molecule has 0 bridgehead atoms. The maximum Gasteiger partial charge on any atom is 0.298 e. The van der Waals surface area contributed by atoms with Crippen LogP contribution in [0.2, 0.25) is 0 Å². The van der Waals surface area contributed by atoms with Crippen molar-refractivity contribution in [2.45, 2.75) is 52.4 Å². The minimum atomic E-state index is -0.321. The highest BCUT2D eigenvalue weighted by Gasteiger charge is 2.49. The van der Waals surface area contributed by atoms with Crippen molar-refractivity contribution in [2.24, 2.45) is 0 Å². The summed E-state index contributed by atoms with van der Waals surface area (Å²) >= 11 is 0. The fourth-order valence-corrected chi connectivity index (χ4v) is 9.20. The molecule has 4 aromatic heterocycles. The molecule has 9 aromatic rings. The molecule has 0 saturated heterocycles. The van der Waals surface area contributed by atoms with Crippen LogP contribution in [0.5, 0.6) is 0 Å². The molecule has 0 unspecified atom stereocenters. The van der Waals surface area contributed by atoms with Crippen molar-refractivity contribution in [2.75, 3.05) is 9.80 Å². The number of anilines is 6. The average molecular weight is 767 g/mol. The molecule has 9 heteroatoms. The van der Waals surface area contributed by atoms with Gasteiger partial charge in [0.15, 0.2) is 0 Å². The highest BCUT2D eigenvalue weighted by atomic mass is 15.2. The summed E-state index contributed by atoms with van der Waals surface area (Å²) < 4.78 is 4.28. The molecule has 0 fully saturated rings. The summed E-state index contributed by atoms with van der Waals surface area (Å²) in [7, 11) is 0. The molecule has 0 amide bonds. The summed E-state index contributed by atoms with van der Waals surface area (Å²) in [4.78, 5) is 26.2. The van der Waals surface area contributed by atoms with Gasteiger partial charge in [0, 0.05) is 33.9 Å². The lowest BCUT2D eigenvalue weighted by molar-refractivity contribution is 0.590. The van der Waals surface area contributed by atoms with Crippen molar-refractivity contribution in [1.82, 2.24) is 29.1 Å². The molecule has 2 aliphatic heterocycles. The zero-order valence-electron chi connectivity index (χ0n) is 34.1. The Hall–Kier alpha value is -7.00. The van der Waals surface area contributed by atoms with Crippen LogP contribution in [0.15, 0.2) is 152 Å². The number of fused-ring (bicyclic) bond motifs is 6. The maximum atomic E-state index is 5.82. The summed E-state index contributed by atoms with van der Waals surface area (Å²) in [5.41, 5.74) is 15.4. The van der Waals surface area contributed by atoms with Gasteiger partial charge >= 0.3 is 0 Å². The monoisotopic (exact) mass is 766 g/mol. The summed E-state index contributed by atoms with van der Waals surface area (Å²) in [6.07, 6.45) is 3.82. The quantitative estimate of drug-likeness (QED) is 0.166. The van der Waals surface area contributed by atoms with Gasteiger partial charge in [0.05, 0.1) is 33.4 Å². The molecule has 0 saturated carbocycles. The SMILES string of the molecule is CC(C)(C)c1cc(-n2cnc3ccccc32)nc2c1N(c1ccccc1)c1cccc3c1B2c1nc(-n2cnc4ccccc42)cc(C(C)(C)C)c1N3c1ccccc1. The average Bonchev–Trinajstić information content (AvgIpc) is 3.88. The Morgan fingerprint density at radius 1 is 0.458 bits per heavy atom. The van der Waals surface area contributed by atoms with Crippen LogP contribution in [-0.4, -0.2) is 35.8 Å². The third-order valence-electron chi connectivity index (χ3n) is 11.9. The molecule has 5 aromatic carbocycles. The van der Waals surface area contributed by atoms with Crippen LogP contribution in [0.3, 0.4) is 0 Å². The lowest BCUT2D eigenvalue weighted by atomic mass is 9.36. The first-order chi connectivity index (χ1) is 28.6. The molecular weight excluding hydrogens is 723 g/mol. The summed E-state index contributed by atoms with van der Waals surface area (Å²) in [5, 5.41) is 0. The molecular formula is C50H43BN8. The van der Waals surface area contributed by atoms with Gasteiger partial charge in [0.25, 0.3) is 6.71 Å². The van der Waals surface area contributed by atoms with Crippen LogP contribution in [0.25, 0.3) is 33.7 Å². The molecule has 2 aliphatic rings. The molecule has 0 atom stereocenters. The van der Waals surface area contributed by atoms with E-state index in [0.717, 1.165) is 79.0 Å². The predicted molar refractivity (Wildman–Crippen MR) is 243 cm³/mol. The molecule has 0 aliphatic carbocycles. The number of imidazole rings is 2. The number of nitrogens with zero attached hydrogens (tertiary/aromatic N) is 8. The van der Waals surface area contributed by atoms with E-state index in [9.17, 15) is 0 Å². The highest BCUT2D eigenvalue weighted by Crippen LogP contribution is 2.48. The lowest BCUT2D eigenvalue weighted by Gasteiger charge is -2.46. The topological polar surface area (TPSA) is 67.9 Å². The molecule has 6 heterocycles. The number of hydrogen-bond donors (Lipinski definition) is 0. The number of pyridine rings is 2. The largest absolute Gasteiger partial charge is 0.310 e. The van der Waals surface area contributed by atoms with Gasteiger partial charge < -0.3 is 9.80 Å². The van der Waals surface area contributed by atoms with Crippen molar-refractivity contribution >= 4 is 79.6 Å². The van der Waals surface area contributed by atoms with E-state index in [1.807, 2.05) is 24.8 Å². The Balaban J connectivity index is 1.31. The first-order valence-electron chi connectivity index (χ1n) is 20.4. The lowest BCUT2D eigenvalue weighted by Crippen LogP contribution is -2.64. The number of para-hydroxylation sites is 6. The zero-order valence-corrected chi connectivity index (χ0v) is 34.1. The highest BCUT2D eigenvalue weighted by molar-refractivity contribution is 6.99. The van der Waals surface area contributed by atoms with Crippen molar-refractivity contribution in [3.8, 4) is 11.6 Å². The van der Waals surface area contributed by atoms with Crippen molar-refractivity contribution in [3.63, 3.8) is 0 Å². The second kappa shape index (κ2) is 12.8. The normalized spacial score (nSPS) is 13.5. The van der Waals surface area contributed by atoms with Gasteiger partial charge in [0.1, 0.15) is 24.3 Å². The number of aromatic nitrogens is 6. The fourth-order valence-electron chi connectivity index (χ4n) is 9.20. The van der Waals surface area contributed by atoms with Crippen LogP contribution in [0, 0.1) is 0 Å². The van der Waals surface area contributed by atoms with Gasteiger partial charge in [-0.25, -0.2) is 19.9 Å². The maximum absolute atomic E-state index is 5.82. The van der Waals surface area contributed by atoms with E-state index in [2.05, 4.69) is 188 Å². The second-order valence-electron chi connectivity index (χ2n) is 17.7. The Morgan fingerprint density at radius 3 is 1.29 bits per heavy atom. The first kappa shape index (κ1) is 35.2. The number of rotatable bonds is 4.